The summed E-state index contributed by atoms with van der Waals surface area (Å²) in [5, 5.41) is 0. The fraction of sp³-hybridized carbons (Fsp3) is 0.769. The molecule has 0 aromatic rings. The number of carbonyl (C=O) groups excluding carboxylic acids is 1. The molecule has 0 radical (unpaired) electrons. The van der Waals surface area contributed by atoms with Crippen LogP contribution in [0.5, 0.6) is 0 Å². The van der Waals surface area contributed by atoms with E-state index in [0.717, 1.165) is 24.7 Å². The van der Waals surface area contributed by atoms with Gasteiger partial charge in [0.2, 0.25) is 0 Å². The van der Waals surface area contributed by atoms with Gasteiger partial charge in [0.05, 0.1) is 0 Å². The quantitative estimate of drug-likeness (QED) is 0.623. The molecule has 0 bridgehead atoms. The summed E-state index contributed by atoms with van der Waals surface area (Å²) in [7, 11) is 0. The van der Waals surface area contributed by atoms with Crippen molar-refractivity contribution < 1.29 is 4.79 Å². The molecule has 0 amide bonds. The van der Waals surface area contributed by atoms with Gasteiger partial charge < -0.3 is 4.79 Å². The van der Waals surface area contributed by atoms with Gasteiger partial charge in [-0.1, -0.05) is 25.0 Å². The van der Waals surface area contributed by atoms with Crippen LogP contribution >= 0.6 is 0 Å². The second kappa shape index (κ2) is 4.77. The Labute approximate surface area is 87.6 Å². The Morgan fingerprint density at radius 3 is 2.64 bits per heavy atom. The van der Waals surface area contributed by atoms with Gasteiger partial charge in [0, 0.05) is 6.42 Å². The van der Waals surface area contributed by atoms with Crippen molar-refractivity contribution in [2.75, 3.05) is 0 Å². The largest absolute Gasteiger partial charge is 0.300 e. The lowest BCUT2D eigenvalue weighted by molar-refractivity contribution is -0.117. The van der Waals surface area contributed by atoms with Crippen LogP contribution < -0.4 is 0 Å². The molecule has 1 aliphatic rings. The molecule has 0 aromatic carbocycles. The second-order valence-corrected chi connectivity index (χ2v) is 4.90. The van der Waals surface area contributed by atoms with Gasteiger partial charge in [-0.15, -0.1) is 0 Å². The summed E-state index contributed by atoms with van der Waals surface area (Å²) in [5.41, 5.74) is 3.13. The molecule has 0 saturated heterocycles. The summed E-state index contributed by atoms with van der Waals surface area (Å²) < 4.78 is 0. The van der Waals surface area contributed by atoms with E-state index in [1.165, 1.54) is 12.8 Å². The van der Waals surface area contributed by atoms with Gasteiger partial charge in [0.25, 0.3) is 0 Å². The fourth-order valence-corrected chi connectivity index (χ4v) is 2.47. The van der Waals surface area contributed by atoms with Crippen molar-refractivity contribution in [2.24, 2.45) is 11.8 Å². The maximum atomic E-state index is 11.0. The van der Waals surface area contributed by atoms with Crippen LogP contribution in [0, 0.1) is 11.8 Å². The highest BCUT2D eigenvalue weighted by Crippen LogP contribution is 2.38. The zero-order valence-electron chi connectivity index (χ0n) is 9.89. The molecule has 0 aliphatic heterocycles. The normalized spacial score (nSPS) is 22.2. The Kier molecular flexibility index (Phi) is 3.91. The molecule has 1 unspecified atom stereocenters. The summed E-state index contributed by atoms with van der Waals surface area (Å²) in [6.45, 7) is 8.50. The van der Waals surface area contributed by atoms with Gasteiger partial charge in [-0.3, -0.25) is 0 Å². The molecule has 1 nitrogen and oxygen atoms in total. The topological polar surface area (TPSA) is 17.1 Å². The lowest BCUT2D eigenvalue weighted by Gasteiger charge is -2.19. The van der Waals surface area contributed by atoms with Crippen LogP contribution in [-0.2, 0) is 4.79 Å². The third-order valence-electron chi connectivity index (χ3n) is 3.38. The van der Waals surface area contributed by atoms with Crippen molar-refractivity contribution >= 4 is 5.78 Å². The molecule has 80 valence electrons. The van der Waals surface area contributed by atoms with E-state index in [1.54, 1.807) is 18.1 Å². The van der Waals surface area contributed by atoms with E-state index in [-0.39, 0.29) is 0 Å². The maximum Gasteiger partial charge on any atom is 0.130 e. The van der Waals surface area contributed by atoms with Gasteiger partial charge in [-0.05, 0) is 44.9 Å². The van der Waals surface area contributed by atoms with Gasteiger partial charge in [0.15, 0.2) is 0 Å². The average Bonchev–Trinajstić information content (AvgIpc) is 2.43. The van der Waals surface area contributed by atoms with Gasteiger partial charge in [-0.25, -0.2) is 0 Å². The number of Topliss-reactive ketones (excluding diaryl/α,β-unsaturated/α-hetero) is 1. The molecule has 0 aromatic heterocycles. The Morgan fingerprint density at radius 2 is 2.14 bits per heavy atom. The standard InChI is InChI=1S/C13H22O/c1-9(2)12-7-5-10(3)13(12)8-6-11(4)14/h9,12H,5-8H2,1-4H3. The van der Waals surface area contributed by atoms with E-state index in [0.29, 0.717) is 5.78 Å². The smallest absolute Gasteiger partial charge is 0.130 e. The van der Waals surface area contributed by atoms with Crippen LogP contribution in [-0.4, -0.2) is 5.78 Å². The first-order valence-corrected chi connectivity index (χ1v) is 5.70. The fourth-order valence-electron chi connectivity index (χ4n) is 2.47. The van der Waals surface area contributed by atoms with E-state index >= 15 is 0 Å². The van der Waals surface area contributed by atoms with E-state index < -0.39 is 0 Å². The zero-order chi connectivity index (χ0) is 10.7. The van der Waals surface area contributed by atoms with Crippen molar-refractivity contribution in [3.05, 3.63) is 11.1 Å². The third-order valence-corrected chi connectivity index (χ3v) is 3.38. The van der Waals surface area contributed by atoms with Gasteiger partial charge >= 0.3 is 0 Å². The number of hydrogen-bond acceptors (Lipinski definition) is 1. The molecule has 1 aliphatic carbocycles. The Hall–Kier alpha value is -0.590. The molecular formula is C13H22O. The molecule has 0 N–H and O–H groups in total. The van der Waals surface area contributed by atoms with E-state index in [1.807, 2.05) is 0 Å². The number of rotatable bonds is 4. The first-order chi connectivity index (χ1) is 6.52. The van der Waals surface area contributed by atoms with Gasteiger partial charge in [-0.2, -0.15) is 0 Å². The highest BCUT2D eigenvalue weighted by Gasteiger charge is 2.25. The van der Waals surface area contributed by atoms with Gasteiger partial charge in [0.1, 0.15) is 5.78 Å². The highest BCUT2D eigenvalue weighted by molar-refractivity contribution is 5.75. The predicted octanol–water partition coefficient (Wildman–Crippen LogP) is 3.74. The number of carbonyl (C=O) groups is 1. The van der Waals surface area contributed by atoms with Crippen molar-refractivity contribution in [3.63, 3.8) is 0 Å². The minimum Gasteiger partial charge on any atom is -0.300 e. The summed E-state index contributed by atoms with van der Waals surface area (Å²) in [5.74, 6) is 1.79. The first kappa shape index (κ1) is 11.5. The monoisotopic (exact) mass is 194 g/mol. The summed E-state index contributed by atoms with van der Waals surface area (Å²) in [4.78, 5) is 11.0. The molecule has 0 saturated carbocycles. The first-order valence-electron chi connectivity index (χ1n) is 5.70. The van der Waals surface area contributed by atoms with Crippen molar-refractivity contribution in [1.29, 1.82) is 0 Å². The lowest BCUT2D eigenvalue weighted by atomic mass is 9.86. The van der Waals surface area contributed by atoms with Crippen LogP contribution in [0.25, 0.3) is 0 Å². The van der Waals surface area contributed by atoms with Crippen LogP contribution in [0.3, 0.4) is 0 Å². The van der Waals surface area contributed by atoms with E-state index in [4.69, 9.17) is 0 Å². The molecule has 1 heteroatoms. The zero-order valence-corrected chi connectivity index (χ0v) is 9.89. The van der Waals surface area contributed by atoms with Crippen molar-refractivity contribution in [1.82, 2.24) is 0 Å². The molecule has 1 atom stereocenters. The Bertz CT molecular complexity index is 248. The van der Waals surface area contributed by atoms with Crippen LogP contribution in [0.15, 0.2) is 11.1 Å². The molecule has 14 heavy (non-hydrogen) atoms. The molecule has 0 spiro atoms. The van der Waals surface area contributed by atoms with Crippen LogP contribution in [0.2, 0.25) is 0 Å². The summed E-state index contributed by atoms with van der Waals surface area (Å²) in [6, 6.07) is 0. The number of hydrogen-bond donors (Lipinski definition) is 0. The number of allylic oxidation sites excluding steroid dienone is 2. The SMILES string of the molecule is CC(=O)CCC1=C(C)CCC1C(C)C. The Balaban J connectivity index is 2.62. The summed E-state index contributed by atoms with van der Waals surface area (Å²) >= 11 is 0. The minimum absolute atomic E-state index is 0.319. The minimum atomic E-state index is 0.319. The van der Waals surface area contributed by atoms with Crippen LogP contribution in [0.1, 0.15) is 53.4 Å². The van der Waals surface area contributed by atoms with Crippen molar-refractivity contribution in [2.45, 2.75) is 53.4 Å². The van der Waals surface area contributed by atoms with E-state index in [9.17, 15) is 4.79 Å². The molecular weight excluding hydrogens is 172 g/mol. The molecule has 0 fully saturated rings. The van der Waals surface area contributed by atoms with Crippen molar-refractivity contribution in [3.8, 4) is 0 Å². The predicted molar refractivity (Wildman–Crippen MR) is 60.2 cm³/mol. The highest BCUT2D eigenvalue weighted by atomic mass is 16.1. The third kappa shape index (κ3) is 2.70. The average molecular weight is 194 g/mol. The maximum absolute atomic E-state index is 11.0. The molecule has 1 rings (SSSR count). The Morgan fingerprint density at radius 1 is 1.50 bits per heavy atom. The summed E-state index contributed by atoms with van der Waals surface area (Å²) in [6.07, 6.45) is 4.28. The van der Waals surface area contributed by atoms with Crippen LogP contribution in [0.4, 0.5) is 0 Å². The second-order valence-electron chi connectivity index (χ2n) is 4.90. The lowest BCUT2D eigenvalue weighted by Crippen LogP contribution is -2.08. The number of ketones is 1. The molecule has 0 heterocycles. The van der Waals surface area contributed by atoms with E-state index in [2.05, 4.69) is 20.8 Å².